The van der Waals surface area contributed by atoms with Gasteiger partial charge >= 0.3 is 0 Å². The summed E-state index contributed by atoms with van der Waals surface area (Å²) in [5.41, 5.74) is 0.826. The third-order valence-corrected chi connectivity index (χ3v) is 0.999. The van der Waals surface area contributed by atoms with E-state index in [1.54, 1.807) is 0 Å². The molecule has 1 aromatic rings. The number of carbonyl (C=O) groups excluding carboxylic acids is 1. The molecule has 0 bridgehead atoms. The maximum atomic E-state index is 9.86. The van der Waals surface area contributed by atoms with Crippen molar-refractivity contribution < 1.29 is 4.79 Å². The zero-order valence-electron chi connectivity index (χ0n) is 5.87. The van der Waals surface area contributed by atoms with Crippen molar-refractivity contribution in [3.8, 4) is 0 Å². The number of benzene rings is 1. The summed E-state index contributed by atoms with van der Waals surface area (Å²) in [5, 5.41) is 2.53. The standard InChI is InChI=1S/C7H7NO.Cs/c9-6-8-7-4-2-1-3-5-7;/h1-6H,(H,8,9);. The van der Waals surface area contributed by atoms with Gasteiger partial charge in [0.05, 0.1) is 0 Å². The van der Waals surface area contributed by atoms with Gasteiger partial charge in [0.2, 0.25) is 6.41 Å². The van der Waals surface area contributed by atoms with E-state index in [-0.39, 0.29) is 68.9 Å². The molecule has 10 heavy (non-hydrogen) atoms. The van der Waals surface area contributed by atoms with Crippen LogP contribution in [0.1, 0.15) is 0 Å². The Hall–Kier alpha value is 0.742. The second-order valence-electron chi connectivity index (χ2n) is 1.63. The first kappa shape index (κ1) is 10.7. The molecule has 0 aliphatic rings. The maximum Gasteiger partial charge on any atom is 0.211 e. The van der Waals surface area contributed by atoms with Crippen LogP contribution in [0.25, 0.3) is 0 Å². The minimum Gasteiger partial charge on any atom is -0.329 e. The van der Waals surface area contributed by atoms with Gasteiger partial charge in [-0.25, -0.2) is 0 Å². The summed E-state index contributed by atoms with van der Waals surface area (Å²) in [6, 6.07) is 9.29. The van der Waals surface area contributed by atoms with E-state index < -0.39 is 0 Å². The summed E-state index contributed by atoms with van der Waals surface area (Å²) in [5.74, 6) is 0. The van der Waals surface area contributed by atoms with Gasteiger partial charge in [0.1, 0.15) is 0 Å². The third kappa shape index (κ3) is 3.80. The van der Waals surface area contributed by atoms with Gasteiger partial charge in [0.25, 0.3) is 0 Å². The first-order chi connectivity index (χ1) is 4.43. The molecule has 1 N–H and O–H groups in total. The van der Waals surface area contributed by atoms with Crippen molar-refractivity contribution in [3.05, 3.63) is 30.3 Å². The molecule has 3 heteroatoms. The molecule has 0 saturated carbocycles. The minimum atomic E-state index is 0. The number of amides is 1. The summed E-state index contributed by atoms with van der Waals surface area (Å²) < 4.78 is 0. The van der Waals surface area contributed by atoms with Crippen molar-refractivity contribution in [2.45, 2.75) is 0 Å². The zero-order chi connectivity index (χ0) is 6.53. The molecule has 0 unspecified atom stereocenters. The molecule has 0 spiro atoms. The minimum absolute atomic E-state index is 0. The van der Waals surface area contributed by atoms with Crippen LogP contribution in [0.3, 0.4) is 0 Å². The third-order valence-electron chi connectivity index (χ3n) is 0.999. The Bertz CT molecular complexity index is 188. The van der Waals surface area contributed by atoms with Gasteiger partial charge < -0.3 is 5.32 Å². The Balaban J connectivity index is 0.000000810. The van der Waals surface area contributed by atoms with Crippen LogP contribution in [0.2, 0.25) is 0 Å². The molecule has 0 heterocycles. The second-order valence-corrected chi connectivity index (χ2v) is 1.63. The van der Waals surface area contributed by atoms with E-state index in [1.807, 2.05) is 30.3 Å². The molecule has 0 aliphatic carbocycles. The number of anilines is 1. The summed E-state index contributed by atoms with van der Waals surface area (Å²) in [6.45, 7) is 0. The molecule has 2 nitrogen and oxygen atoms in total. The number of hydrogen-bond donors (Lipinski definition) is 1. The fraction of sp³-hybridized carbons (Fsp3) is 0. The van der Waals surface area contributed by atoms with Crippen molar-refractivity contribution in [3.63, 3.8) is 0 Å². The van der Waals surface area contributed by atoms with E-state index >= 15 is 0 Å². The van der Waals surface area contributed by atoms with Gasteiger partial charge in [-0.15, -0.1) is 0 Å². The van der Waals surface area contributed by atoms with E-state index in [1.165, 1.54) is 0 Å². The molecule has 0 fully saturated rings. The Morgan fingerprint density at radius 3 is 2.30 bits per heavy atom. The summed E-state index contributed by atoms with van der Waals surface area (Å²) in [6.07, 6.45) is 0.662. The molecular weight excluding hydrogens is 247 g/mol. The molecular formula is C7H7CsNO. The maximum absolute atomic E-state index is 9.86. The van der Waals surface area contributed by atoms with E-state index in [0.717, 1.165) is 5.69 Å². The van der Waals surface area contributed by atoms with Crippen molar-refractivity contribution in [2.75, 3.05) is 5.32 Å². The number of hydrogen-bond acceptors (Lipinski definition) is 1. The number of carbonyl (C=O) groups is 1. The zero-order valence-corrected chi connectivity index (χ0v) is 12.2. The first-order valence-corrected chi connectivity index (χ1v) is 2.69. The Kier molecular flexibility index (Phi) is 6.93. The summed E-state index contributed by atoms with van der Waals surface area (Å²) in [4.78, 5) is 9.86. The van der Waals surface area contributed by atoms with Gasteiger partial charge in [-0.3, -0.25) is 4.79 Å². The first-order valence-electron chi connectivity index (χ1n) is 2.69. The van der Waals surface area contributed by atoms with E-state index in [2.05, 4.69) is 5.32 Å². The molecule has 0 saturated heterocycles. The van der Waals surface area contributed by atoms with Crippen molar-refractivity contribution in [2.24, 2.45) is 0 Å². The molecule has 0 aliphatic heterocycles. The van der Waals surface area contributed by atoms with Crippen molar-refractivity contribution in [1.82, 2.24) is 0 Å². The Labute approximate surface area is 119 Å². The smallest absolute Gasteiger partial charge is 0.211 e. The fourth-order valence-corrected chi connectivity index (χ4v) is 0.602. The fourth-order valence-electron chi connectivity index (χ4n) is 0.602. The van der Waals surface area contributed by atoms with Gasteiger partial charge in [-0.2, -0.15) is 0 Å². The predicted octanol–water partition coefficient (Wildman–Crippen LogP) is 0.874. The van der Waals surface area contributed by atoms with Crippen LogP contribution in [0, 0.1) is 0 Å². The molecule has 1 rings (SSSR count). The molecule has 1 aromatic carbocycles. The average molecular weight is 254 g/mol. The predicted molar refractivity (Wildman–Crippen MR) is 41.9 cm³/mol. The van der Waals surface area contributed by atoms with Crippen LogP contribution in [0.5, 0.6) is 0 Å². The van der Waals surface area contributed by atoms with E-state index in [9.17, 15) is 4.79 Å². The van der Waals surface area contributed by atoms with Crippen LogP contribution in [-0.4, -0.2) is 75.3 Å². The number of rotatable bonds is 2. The Morgan fingerprint density at radius 1 is 1.20 bits per heavy atom. The molecule has 0 aromatic heterocycles. The largest absolute Gasteiger partial charge is 0.329 e. The Morgan fingerprint density at radius 2 is 1.80 bits per heavy atom. The quantitative estimate of drug-likeness (QED) is 0.780. The second kappa shape index (κ2) is 6.45. The van der Waals surface area contributed by atoms with Gasteiger partial charge in [-0.05, 0) is 12.1 Å². The van der Waals surface area contributed by atoms with Crippen LogP contribution < -0.4 is 5.32 Å². The van der Waals surface area contributed by atoms with Gasteiger partial charge in [-0.1, -0.05) is 18.2 Å². The van der Waals surface area contributed by atoms with E-state index in [4.69, 9.17) is 0 Å². The normalized spacial score (nSPS) is 7.60. The van der Waals surface area contributed by atoms with Crippen molar-refractivity contribution in [1.29, 1.82) is 0 Å². The SMILES string of the molecule is O=CNc1ccccc1.[Cs]. The monoisotopic (exact) mass is 254 g/mol. The number of nitrogens with one attached hydrogen (secondary N) is 1. The molecule has 0 atom stereocenters. The van der Waals surface area contributed by atoms with Crippen LogP contribution in [-0.2, 0) is 4.79 Å². The molecule has 47 valence electrons. The summed E-state index contributed by atoms with van der Waals surface area (Å²) in [7, 11) is 0. The molecule has 1 radical (unpaired) electrons. The van der Waals surface area contributed by atoms with Crippen LogP contribution >= 0.6 is 0 Å². The topological polar surface area (TPSA) is 29.1 Å². The van der Waals surface area contributed by atoms with Gasteiger partial charge in [0, 0.05) is 74.6 Å². The summed E-state index contributed by atoms with van der Waals surface area (Å²) >= 11 is 0. The van der Waals surface area contributed by atoms with E-state index in [0.29, 0.717) is 6.41 Å². The molecule has 1 amide bonds. The van der Waals surface area contributed by atoms with Crippen LogP contribution in [0.4, 0.5) is 5.69 Å². The average Bonchev–Trinajstić information content (AvgIpc) is 1.91. The van der Waals surface area contributed by atoms with Crippen molar-refractivity contribution >= 4 is 81.0 Å². The van der Waals surface area contributed by atoms with Crippen LogP contribution in [0.15, 0.2) is 30.3 Å². The van der Waals surface area contributed by atoms with Gasteiger partial charge in [0.15, 0.2) is 0 Å². The number of para-hydroxylation sites is 1.